The third-order valence-electron chi connectivity index (χ3n) is 0.876. The molecule has 0 aliphatic heterocycles. The second-order valence-electron chi connectivity index (χ2n) is 1.79. The zero-order chi connectivity index (χ0) is 6.85. The first-order chi connectivity index (χ1) is 4.18. The Morgan fingerprint density at radius 2 is 1.40 bits per heavy atom. The standard InChI is InChI=1S/C5H8N4.H3N/c1-3-7-4(2)9-5(6)8-3;/h1-2H3,(H2,6,7,8,9);1H3. The van der Waals surface area contributed by atoms with Crippen molar-refractivity contribution in [2.75, 3.05) is 5.73 Å². The van der Waals surface area contributed by atoms with Crippen LogP contribution in [0.5, 0.6) is 0 Å². The van der Waals surface area contributed by atoms with E-state index in [1.54, 1.807) is 13.8 Å². The summed E-state index contributed by atoms with van der Waals surface area (Å²) in [6, 6.07) is 0. The van der Waals surface area contributed by atoms with Crippen LogP contribution in [-0.4, -0.2) is 15.0 Å². The van der Waals surface area contributed by atoms with Gasteiger partial charge in [0.05, 0.1) is 0 Å². The fraction of sp³-hybridized carbons (Fsp3) is 0.400. The molecule has 0 saturated heterocycles. The maximum Gasteiger partial charge on any atom is 0.223 e. The number of hydrogen-bond donors (Lipinski definition) is 2. The summed E-state index contributed by atoms with van der Waals surface area (Å²) in [6.45, 7) is 3.57. The van der Waals surface area contributed by atoms with Gasteiger partial charge in [0, 0.05) is 0 Å². The molecule has 10 heavy (non-hydrogen) atoms. The first-order valence-corrected chi connectivity index (χ1v) is 2.63. The Hall–Kier alpha value is -1.23. The van der Waals surface area contributed by atoms with E-state index in [1.807, 2.05) is 0 Å². The molecule has 1 aromatic rings. The van der Waals surface area contributed by atoms with Gasteiger partial charge in [0.15, 0.2) is 0 Å². The van der Waals surface area contributed by atoms with Gasteiger partial charge in [0.25, 0.3) is 0 Å². The first kappa shape index (κ1) is 8.77. The van der Waals surface area contributed by atoms with Crippen molar-refractivity contribution < 1.29 is 0 Å². The molecule has 0 bridgehead atoms. The summed E-state index contributed by atoms with van der Waals surface area (Å²) in [6.07, 6.45) is 0. The van der Waals surface area contributed by atoms with Gasteiger partial charge in [-0.2, -0.15) is 9.97 Å². The zero-order valence-corrected chi connectivity index (χ0v) is 6.13. The van der Waals surface area contributed by atoms with E-state index in [0.717, 1.165) is 0 Å². The molecule has 5 heteroatoms. The van der Waals surface area contributed by atoms with E-state index in [4.69, 9.17) is 5.73 Å². The molecule has 0 atom stereocenters. The van der Waals surface area contributed by atoms with Crippen molar-refractivity contribution in [2.24, 2.45) is 0 Å². The van der Waals surface area contributed by atoms with Crippen LogP contribution < -0.4 is 11.9 Å². The van der Waals surface area contributed by atoms with Crippen molar-refractivity contribution in [3.05, 3.63) is 11.6 Å². The molecular formula is C5H11N5. The normalized spacial score (nSPS) is 8.60. The summed E-state index contributed by atoms with van der Waals surface area (Å²) in [5, 5.41) is 0. The van der Waals surface area contributed by atoms with Crippen LogP contribution in [0, 0.1) is 13.8 Å². The third kappa shape index (κ3) is 1.94. The number of nitrogens with two attached hydrogens (primary N) is 1. The molecule has 1 rings (SSSR count). The summed E-state index contributed by atoms with van der Waals surface area (Å²) >= 11 is 0. The second-order valence-corrected chi connectivity index (χ2v) is 1.79. The number of aryl methyl sites for hydroxylation is 2. The Morgan fingerprint density at radius 3 is 1.70 bits per heavy atom. The van der Waals surface area contributed by atoms with Crippen LogP contribution in [0.2, 0.25) is 0 Å². The van der Waals surface area contributed by atoms with Gasteiger partial charge >= 0.3 is 0 Å². The predicted octanol–water partition coefficient (Wildman–Crippen LogP) is 0.233. The van der Waals surface area contributed by atoms with Crippen LogP contribution in [-0.2, 0) is 0 Å². The van der Waals surface area contributed by atoms with Gasteiger partial charge in [-0.05, 0) is 13.8 Å². The van der Waals surface area contributed by atoms with Crippen LogP contribution in [0.3, 0.4) is 0 Å². The molecule has 0 fully saturated rings. The molecule has 1 aromatic heterocycles. The fourth-order valence-electron chi connectivity index (χ4n) is 0.641. The Kier molecular flexibility index (Phi) is 2.69. The quantitative estimate of drug-likeness (QED) is 0.538. The Bertz CT molecular complexity index is 171. The zero-order valence-electron chi connectivity index (χ0n) is 6.13. The minimum Gasteiger partial charge on any atom is -0.368 e. The average Bonchev–Trinajstić information content (AvgIpc) is 1.59. The lowest BCUT2D eigenvalue weighted by molar-refractivity contribution is 0.933. The minimum atomic E-state index is 0. The van der Waals surface area contributed by atoms with E-state index in [0.29, 0.717) is 17.6 Å². The van der Waals surface area contributed by atoms with Gasteiger partial charge in [0.1, 0.15) is 11.6 Å². The van der Waals surface area contributed by atoms with Crippen molar-refractivity contribution in [1.82, 2.24) is 21.1 Å². The predicted molar refractivity (Wildman–Crippen MR) is 38.7 cm³/mol. The van der Waals surface area contributed by atoms with Crippen LogP contribution in [0.25, 0.3) is 0 Å². The lowest BCUT2D eigenvalue weighted by Gasteiger charge is -1.93. The molecule has 56 valence electrons. The summed E-state index contributed by atoms with van der Waals surface area (Å²) in [5.41, 5.74) is 5.30. The van der Waals surface area contributed by atoms with E-state index >= 15 is 0 Å². The Labute approximate surface area is 59.3 Å². The average molecular weight is 141 g/mol. The van der Waals surface area contributed by atoms with Gasteiger partial charge in [-0.15, -0.1) is 0 Å². The van der Waals surface area contributed by atoms with Gasteiger partial charge in [0.2, 0.25) is 5.95 Å². The maximum atomic E-state index is 5.30. The van der Waals surface area contributed by atoms with Gasteiger partial charge in [-0.1, -0.05) is 0 Å². The number of hydrogen-bond acceptors (Lipinski definition) is 5. The number of aromatic nitrogens is 3. The fourth-order valence-corrected chi connectivity index (χ4v) is 0.641. The topological polar surface area (TPSA) is 99.7 Å². The van der Waals surface area contributed by atoms with Crippen LogP contribution in [0.4, 0.5) is 5.95 Å². The van der Waals surface area contributed by atoms with E-state index < -0.39 is 0 Å². The summed E-state index contributed by atoms with van der Waals surface area (Å²) < 4.78 is 0. The highest BCUT2D eigenvalue weighted by molar-refractivity contribution is 5.14. The Balaban J connectivity index is 0.000000810. The first-order valence-electron chi connectivity index (χ1n) is 2.63. The van der Waals surface area contributed by atoms with Crippen molar-refractivity contribution in [1.29, 1.82) is 0 Å². The maximum absolute atomic E-state index is 5.30. The smallest absolute Gasteiger partial charge is 0.223 e. The van der Waals surface area contributed by atoms with Crippen LogP contribution in [0.15, 0.2) is 0 Å². The lowest BCUT2D eigenvalue weighted by Crippen LogP contribution is -2.01. The van der Waals surface area contributed by atoms with E-state index in [1.165, 1.54) is 0 Å². The van der Waals surface area contributed by atoms with Crippen LogP contribution in [0.1, 0.15) is 11.6 Å². The summed E-state index contributed by atoms with van der Waals surface area (Å²) in [5.74, 6) is 1.63. The number of rotatable bonds is 0. The van der Waals surface area contributed by atoms with Crippen molar-refractivity contribution in [2.45, 2.75) is 13.8 Å². The van der Waals surface area contributed by atoms with Gasteiger partial charge < -0.3 is 11.9 Å². The Morgan fingerprint density at radius 1 is 1.00 bits per heavy atom. The molecule has 0 saturated carbocycles. The molecule has 5 N–H and O–H groups in total. The third-order valence-corrected chi connectivity index (χ3v) is 0.876. The van der Waals surface area contributed by atoms with Crippen molar-refractivity contribution in [3.63, 3.8) is 0 Å². The van der Waals surface area contributed by atoms with Crippen molar-refractivity contribution >= 4 is 5.95 Å². The van der Waals surface area contributed by atoms with Crippen molar-refractivity contribution in [3.8, 4) is 0 Å². The highest BCUT2D eigenvalue weighted by Gasteiger charge is 1.92. The molecule has 0 unspecified atom stereocenters. The highest BCUT2D eigenvalue weighted by atomic mass is 15.1. The monoisotopic (exact) mass is 141 g/mol. The van der Waals surface area contributed by atoms with E-state index in [-0.39, 0.29) is 6.15 Å². The van der Waals surface area contributed by atoms with Crippen LogP contribution >= 0.6 is 0 Å². The number of nitrogens with zero attached hydrogens (tertiary/aromatic N) is 3. The number of anilines is 1. The largest absolute Gasteiger partial charge is 0.368 e. The molecule has 5 nitrogen and oxygen atoms in total. The number of nitrogen functional groups attached to an aromatic ring is 1. The molecule has 0 aliphatic carbocycles. The SMILES string of the molecule is Cc1nc(C)nc(N)n1.N. The summed E-state index contributed by atoms with van der Waals surface area (Å²) in [7, 11) is 0. The molecular weight excluding hydrogens is 130 g/mol. The molecule has 0 spiro atoms. The second kappa shape index (κ2) is 3.07. The van der Waals surface area contributed by atoms with E-state index in [9.17, 15) is 0 Å². The molecule has 0 amide bonds. The van der Waals surface area contributed by atoms with E-state index in [2.05, 4.69) is 15.0 Å². The molecule has 0 aliphatic rings. The minimum absolute atomic E-state index is 0. The summed E-state index contributed by atoms with van der Waals surface area (Å²) in [4.78, 5) is 11.5. The molecule has 1 heterocycles. The molecule has 0 aromatic carbocycles. The lowest BCUT2D eigenvalue weighted by atomic mass is 10.6. The highest BCUT2D eigenvalue weighted by Crippen LogP contribution is 1.92. The van der Waals surface area contributed by atoms with Gasteiger partial charge in [-0.25, -0.2) is 4.98 Å². The van der Waals surface area contributed by atoms with Gasteiger partial charge in [-0.3, -0.25) is 0 Å². The molecule has 0 radical (unpaired) electrons.